The number of aromatic nitrogens is 10. The Hall–Kier alpha value is -9.47. The molecule has 32 heteroatoms. The normalized spacial score (nSPS) is 10.2. The van der Waals surface area contributed by atoms with Crippen LogP contribution in [0.4, 0.5) is 86.6 Å². The first-order valence-corrected chi connectivity index (χ1v) is 36.8. The lowest BCUT2D eigenvalue weighted by Crippen LogP contribution is -2.17. The molecule has 110 heavy (non-hydrogen) atoms. The van der Waals surface area contributed by atoms with Crippen molar-refractivity contribution in [2.24, 2.45) is 0 Å². The molecule has 10 rings (SSSR count). The molecule has 10 aromatic rings. The second-order valence-electron chi connectivity index (χ2n) is 24.4. The van der Waals surface area contributed by atoms with Crippen molar-refractivity contribution in [3.8, 4) is 28.7 Å². The van der Waals surface area contributed by atoms with E-state index < -0.39 is 0 Å². The molecule has 5 aromatic heterocycles. The molecule has 0 aliphatic carbocycles. The number of nitrogens with one attached hydrogen (secondary N) is 5. The summed E-state index contributed by atoms with van der Waals surface area (Å²) < 4.78 is 25.9. The van der Waals surface area contributed by atoms with Crippen LogP contribution in [-0.4, -0.2) is 153 Å². The third-order valence-electron chi connectivity index (χ3n) is 16.0. The third kappa shape index (κ3) is 26.4. The minimum absolute atomic E-state index is 0. The Labute approximate surface area is 685 Å². The fraction of sp³-hybridized carbons (Fsp3) is 0.359. The monoisotopic (exact) mass is 1640 g/mol. The van der Waals surface area contributed by atoms with Crippen molar-refractivity contribution in [2.75, 3.05) is 149 Å². The lowest BCUT2D eigenvalue weighted by atomic mass is 10.2. The maximum absolute atomic E-state index is 6.51. The molecule has 0 radical (unpaired) electrons. The number of unbranched alkanes of at least 4 members (excludes halogenated alkanes) is 1. The first kappa shape index (κ1) is 92.9. The summed E-state index contributed by atoms with van der Waals surface area (Å²) in [6.07, 6.45) is 3.19. The van der Waals surface area contributed by atoms with Crippen LogP contribution in [0, 0.1) is 34.6 Å². The van der Waals surface area contributed by atoms with Crippen LogP contribution in [0.5, 0.6) is 28.7 Å². The molecule has 0 saturated heterocycles. The molecule has 0 unspecified atom stereocenters. The summed E-state index contributed by atoms with van der Waals surface area (Å²) in [7, 11) is 19.6. The number of ether oxygens (including phenoxy) is 5. The highest BCUT2D eigenvalue weighted by Gasteiger charge is 2.22. The van der Waals surface area contributed by atoms with Crippen LogP contribution in [0.25, 0.3) is 0 Å². The molecule has 5 aromatic carbocycles. The molecule has 0 saturated carbocycles. The minimum Gasteiger partial charge on any atom is -0.497 e. The van der Waals surface area contributed by atoms with E-state index in [1.54, 1.807) is 42.6 Å². The van der Waals surface area contributed by atoms with E-state index in [0.29, 0.717) is 112 Å². The van der Waals surface area contributed by atoms with Crippen molar-refractivity contribution in [3.63, 3.8) is 0 Å². The Morgan fingerprint density at radius 2 is 0.555 bits per heavy atom. The summed E-state index contributed by atoms with van der Waals surface area (Å²) in [6, 6.07) is 38.9. The average molecular weight is 1650 g/mol. The Kier molecular flexibility index (Phi) is 39.1. The van der Waals surface area contributed by atoms with E-state index in [1.807, 2.05) is 236 Å². The topological polar surface area (TPSA) is 251 Å². The Morgan fingerprint density at radius 1 is 0.327 bits per heavy atom. The van der Waals surface area contributed by atoms with Gasteiger partial charge >= 0.3 is 0 Å². The summed E-state index contributed by atoms with van der Waals surface area (Å²) in [4.78, 5) is 53.7. The molecule has 5 N–H and O–H groups in total. The summed E-state index contributed by atoms with van der Waals surface area (Å²) in [5.74, 6) is 14.1. The zero-order valence-electron chi connectivity index (χ0n) is 66.3. The van der Waals surface area contributed by atoms with Gasteiger partial charge in [-0.25, -0.2) is 49.8 Å². The highest BCUT2D eigenvalue weighted by Crippen LogP contribution is 2.40. The third-order valence-corrected chi connectivity index (χ3v) is 17.7. The number of hydrogen-bond acceptors (Lipinski definition) is 25. The lowest BCUT2D eigenvalue weighted by Gasteiger charge is -2.22. The molecule has 5 heterocycles. The molecule has 0 bridgehead atoms. The van der Waals surface area contributed by atoms with E-state index in [9.17, 15) is 0 Å². The van der Waals surface area contributed by atoms with Gasteiger partial charge in [0.1, 0.15) is 83.0 Å². The molecule has 0 atom stereocenters. The van der Waals surface area contributed by atoms with Gasteiger partial charge in [0, 0.05) is 96.4 Å². The summed E-state index contributed by atoms with van der Waals surface area (Å²) >= 11 is 32.2. The van der Waals surface area contributed by atoms with Crippen LogP contribution < -0.4 is 74.8 Å². The minimum atomic E-state index is 0. The van der Waals surface area contributed by atoms with Gasteiger partial charge in [-0.1, -0.05) is 78.3 Å². The van der Waals surface area contributed by atoms with E-state index in [2.05, 4.69) is 90.3 Å². The van der Waals surface area contributed by atoms with Gasteiger partial charge in [-0.15, -0.1) is 24.8 Å². The predicted molar refractivity (Wildman–Crippen MR) is 463 cm³/mol. The van der Waals surface area contributed by atoms with Crippen LogP contribution >= 0.6 is 82.8 Å². The largest absolute Gasteiger partial charge is 0.497 e. The van der Waals surface area contributed by atoms with Gasteiger partial charge in [-0.3, -0.25) is 0 Å². The SMILES string of the molecule is CCCCNc1nc(C)nc(N(C)c2ccc(OC)cc2)c1Cl.CCCNc1nc(C)nc(N(C)c2ccc(OC)cc2)c1Cl.CCNc1nc(C)nc(N(C)c2ccc(OC)cc2)c1Cl.CNc1nc(C)nc(N(C)c2ccc(OC)cc2)c1Cl.COc1ccc(N(C)c2nc(C)nc(NC(C)C)c2Cl)cc1.Cl.Cl. The van der Waals surface area contributed by atoms with Crippen molar-refractivity contribution < 1.29 is 23.7 Å². The summed E-state index contributed by atoms with van der Waals surface area (Å²) in [5.41, 5.74) is 4.86. The van der Waals surface area contributed by atoms with Gasteiger partial charge in [-0.05, 0) is 190 Å². The van der Waals surface area contributed by atoms with Crippen LogP contribution in [0.15, 0.2) is 121 Å². The van der Waals surface area contributed by atoms with Gasteiger partial charge < -0.3 is 74.8 Å². The van der Waals surface area contributed by atoms with Crippen molar-refractivity contribution in [2.45, 2.75) is 94.5 Å². The maximum Gasteiger partial charge on any atom is 0.157 e. The predicted octanol–water partition coefficient (Wildman–Crippen LogP) is 20.2. The highest BCUT2D eigenvalue weighted by atomic mass is 35.5. The molecule has 0 spiro atoms. The number of hydrogen-bond donors (Lipinski definition) is 5. The fourth-order valence-electron chi connectivity index (χ4n) is 10.2. The van der Waals surface area contributed by atoms with Gasteiger partial charge in [0.2, 0.25) is 0 Å². The molecule has 25 nitrogen and oxygen atoms in total. The maximum atomic E-state index is 6.51. The zero-order valence-corrected chi connectivity index (χ0v) is 71.7. The summed E-state index contributed by atoms with van der Waals surface area (Å²) in [5, 5.41) is 18.5. The van der Waals surface area contributed by atoms with Gasteiger partial charge in [0.25, 0.3) is 0 Å². The lowest BCUT2D eigenvalue weighted by molar-refractivity contribution is 0.414. The highest BCUT2D eigenvalue weighted by molar-refractivity contribution is 6.37. The second-order valence-corrected chi connectivity index (χ2v) is 26.2. The molecular formula is C78H103Cl7N20O5. The van der Waals surface area contributed by atoms with Gasteiger partial charge in [0.15, 0.2) is 58.2 Å². The average Bonchev–Trinajstić information content (AvgIpc) is 0.840. The van der Waals surface area contributed by atoms with Crippen LogP contribution in [0.3, 0.4) is 0 Å². The van der Waals surface area contributed by atoms with E-state index in [-0.39, 0.29) is 30.9 Å². The Morgan fingerprint density at radius 3 is 0.782 bits per heavy atom. The van der Waals surface area contributed by atoms with E-state index in [0.717, 1.165) is 96.1 Å². The van der Waals surface area contributed by atoms with Crippen LogP contribution in [-0.2, 0) is 0 Å². The number of methoxy groups -OCH3 is 5. The Bertz CT molecular complexity index is 4450. The van der Waals surface area contributed by atoms with Crippen molar-refractivity contribution in [3.05, 3.63) is 176 Å². The van der Waals surface area contributed by atoms with Crippen molar-refractivity contribution in [1.82, 2.24) is 49.8 Å². The number of halogens is 7. The molecule has 0 aliphatic heterocycles. The number of aryl methyl sites for hydroxylation is 5. The van der Waals surface area contributed by atoms with E-state index in [1.165, 1.54) is 0 Å². The molecule has 0 aliphatic rings. The Balaban J connectivity index is 0.000000289. The summed E-state index contributed by atoms with van der Waals surface area (Å²) in [6.45, 7) is 22.0. The van der Waals surface area contributed by atoms with Crippen LogP contribution in [0.2, 0.25) is 25.1 Å². The van der Waals surface area contributed by atoms with Gasteiger partial charge in [-0.2, -0.15) is 0 Å². The van der Waals surface area contributed by atoms with E-state index >= 15 is 0 Å². The molecule has 594 valence electrons. The molecule has 0 fully saturated rings. The first-order valence-electron chi connectivity index (χ1n) is 34.9. The standard InChI is InChI=1S/C17H23ClN4O.2C16H21ClN4O.C15H19ClN4O.C14H17ClN4O.2ClH/c1-5-6-11-19-16-15(18)17(21-12(2)20-16)22(3)13-7-9-14(23-4)10-8-13;1-10(2)18-15-14(17)16(20-11(3)19-15)21(4)12-6-8-13(22-5)9-7-12;1-5-10-18-15-14(17)16(20-11(2)19-15)21(3)12-6-8-13(22-4)9-7-12;1-5-17-14-13(16)15(19-10(2)18-14)20(3)11-6-8-12(21-4)9-7-11;1-9-17-13(16-2)12(15)14(18-9)19(3)10-5-7-11(20-4)8-6-10;;/h7-10H,5-6,11H2,1-4H3,(H,19,20,21);6-10H,1-5H3,(H,18,19,20);6-9H,5,10H2,1-4H3,(H,18,19,20);6-9H,5H2,1-4H3,(H,17,18,19);5-8H,1-4H3,(H,16,17,18);2*1H. The van der Waals surface area contributed by atoms with Gasteiger partial charge in [0.05, 0.1) is 35.5 Å². The quantitative estimate of drug-likeness (QED) is 0.0300. The molecular weight excluding hydrogens is 1550 g/mol. The van der Waals surface area contributed by atoms with Crippen molar-refractivity contribution >= 4 is 169 Å². The van der Waals surface area contributed by atoms with Crippen molar-refractivity contribution in [1.29, 1.82) is 0 Å². The number of rotatable bonds is 27. The smallest absolute Gasteiger partial charge is 0.157 e. The number of nitrogens with zero attached hydrogens (tertiary/aromatic N) is 15. The number of benzene rings is 5. The van der Waals surface area contributed by atoms with Crippen LogP contribution in [0.1, 0.15) is 83.0 Å². The second kappa shape index (κ2) is 46.3. The van der Waals surface area contributed by atoms with E-state index in [4.69, 9.17) is 81.7 Å². The number of anilines is 15. The zero-order chi connectivity index (χ0) is 79.3. The fourth-order valence-corrected chi connectivity index (χ4v) is 11.6. The first-order chi connectivity index (χ1) is 51.7. The molecule has 0 amide bonds.